The summed E-state index contributed by atoms with van der Waals surface area (Å²) in [4.78, 5) is 17.3. The van der Waals surface area contributed by atoms with Gasteiger partial charge in [-0.25, -0.2) is 4.79 Å². The fourth-order valence-electron chi connectivity index (χ4n) is 1.87. The summed E-state index contributed by atoms with van der Waals surface area (Å²) in [6.07, 6.45) is 0. The maximum absolute atomic E-state index is 11.1. The highest BCUT2D eigenvalue weighted by Crippen LogP contribution is 2.31. The van der Waals surface area contributed by atoms with E-state index in [0.717, 1.165) is 21.1 Å². The summed E-state index contributed by atoms with van der Waals surface area (Å²) in [6.45, 7) is 1.41. The molecule has 80 valence electrons. The molecule has 0 aliphatic heterocycles. The molecule has 0 radical (unpaired) electrons. The van der Waals surface area contributed by atoms with Crippen LogP contribution in [-0.4, -0.2) is 10.7 Å². The summed E-state index contributed by atoms with van der Waals surface area (Å²) >= 11 is 1.57. The quantitative estimate of drug-likeness (QED) is 0.645. The van der Waals surface area contributed by atoms with E-state index in [2.05, 4.69) is 0 Å². The van der Waals surface area contributed by atoms with Gasteiger partial charge < -0.3 is 4.84 Å². The molecule has 0 saturated carbocycles. The largest absolute Gasteiger partial charge is 0.335 e. The predicted octanol–water partition coefficient (Wildman–Crippen LogP) is 2.83. The Morgan fingerprint density at radius 3 is 2.88 bits per heavy atom. The number of rotatable bonds is 1. The first kappa shape index (κ1) is 9.42. The lowest BCUT2D eigenvalue weighted by molar-refractivity contribution is -0.140. The maximum Gasteiger partial charge on any atom is 0.329 e. The number of fused-ring (bicyclic) bond motifs is 3. The molecule has 2 aromatic heterocycles. The molecule has 0 aliphatic rings. The number of carbonyl (C=O) groups excluding carboxylic acids is 1. The van der Waals surface area contributed by atoms with Crippen LogP contribution in [-0.2, 0) is 4.79 Å². The minimum absolute atomic E-state index is 0.309. The molecular formula is C12H9NO2S. The van der Waals surface area contributed by atoms with E-state index in [0.29, 0.717) is 0 Å². The molecule has 0 atom stereocenters. The van der Waals surface area contributed by atoms with Gasteiger partial charge in [-0.2, -0.15) is 4.73 Å². The van der Waals surface area contributed by atoms with E-state index in [1.54, 1.807) is 16.1 Å². The second-order valence-electron chi connectivity index (χ2n) is 3.53. The van der Waals surface area contributed by atoms with Gasteiger partial charge in [0.25, 0.3) is 0 Å². The molecule has 0 aliphatic carbocycles. The van der Waals surface area contributed by atoms with Gasteiger partial charge in [-0.1, -0.05) is 18.2 Å². The number of para-hydroxylation sites is 1. The van der Waals surface area contributed by atoms with Gasteiger partial charge in [0.05, 0.1) is 5.52 Å². The Morgan fingerprint density at radius 2 is 2.06 bits per heavy atom. The van der Waals surface area contributed by atoms with Crippen LogP contribution in [0.2, 0.25) is 0 Å². The second-order valence-corrected chi connectivity index (χ2v) is 4.43. The Labute approximate surface area is 95.8 Å². The third-order valence-corrected chi connectivity index (χ3v) is 3.34. The molecular weight excluding hydrogens is 222 g/mol. The lowest BCUT2D eigenvalue weighted by Crippen LogP contribution is -2.15. The van der Waals surface area contributed by atoms with Crippen molar-refractivity contribution in [2.75, 3.05) is 0 Å². The van der Waals surface area contributed by atoms with Crippen molar-refractivity contribution in [2.24, 2.45) is 0 Å². The molecule has 0 unspecified atom stereocenters. The SMILES string of the molecule is CC(=O)On1c2ccccc2c2ccsc21. The smallest absolute Gasteiger partial charge is 0.329 e. The average molecular weight is 231 g/mol. The summed E-state index contributed by atoms with van der Waals surface area (Å²) in [5.41, 5.74) is 0.930. The Hall–Kier alpha value is -1.81. The van der Waals surface area contributed by atoms with Gasteiger partial charge in [0.2, 0.25) is 0 Å². The van der Waals surface area contributed by atoms with Crippen LogP contribution in [0.5, 0.6) is 0 Å². The van der Waals surface area contributed by atoms with Crippen LogP contribution in [0.15, 0.2) is 35.7 Å². The molecule has 3 aromatic rings. The lowest BCUT2D eigenvalue weighted by atomic mass is 10.2. The molecule has 0 fully saturated rings. The minimum Gasteiger partial charge on any atom is -0.335 e. The van der Waals surface area contributed by atoms with Crippen molar-refractivity contribution >= 4 is 38.4 Å². The molecule has 4 heteroatoms. The van der Waals surface area contributed by atoms with E-state index in [-0.39, 0.29) is 5.97 Å². The van der Waals surface area contributed by atoms with Crippen LogP contribution in [0, 0.1) is 0 Å². The fourth-order valence-corrected chi connectivity index (χ4v) is 2.74. The Morgan fingerprint density at radius 1 is 1.25 bits per heavy atom. The normalized spacial score (nSPS) is 11.1. The van der Waals surface area contributed by atoms with Gasteiger partial charge in [-0.3, -0.25) is 0 Å². The van der Waals surface area contributed by atoms with E-state index in [1.807, 2.05) is 35.7 Å². The minimum atomic E-state index is -0.309. The maximum atomic E-state index is 11.1. The number of hydrogen-bond acceptors (Lipinski definition) is 3. The molecule has 3 nitrogen and oxygen atoms in total. The molecule has 3 rings (SSSR count). The summed E-state index contributed by atoms with van der Waals surface area (Å²) in [7, 11) is 0. The van der Waals surface area contributed by atoms with Crippen molar-refractivity contribution in [1.82, 2.24) is 4.73 Å². The average Bonchev–Trinajstić information content (AvgIpc) is 2.82. The van der Waals surface area contributed by atoms with Crippen LogP contribution in [0.4, 0.5) is 0 Å². The van der Waals surface area contributed by atoms with E-state index >= 15 is 0 Å². The molecule has 0 spiro atoms. The molecule has 0 amide bonds. The summed E-state index contributed by atoms with van der Waals surface area (Å²) < 4.78 is 1.61. The molecule has 0 N–H and O–H groups in total. The highest BCUT2D eigenvalue weighted by molar-refractivity contribution is 7.17. The second kappa shape index (κ2) is 3.35. The zero-order chi connectivity index (χ0) is 11.1. The van der Waals surface area contributed by atoms with Crippen LogP contribution in [0.1, 0.15) is 6.92 Å². The van der Waals surface area contributed by atoms with Crippen molar-refractivity contribution in [2.45, 2.75) is 6.92 Å². The Balaban J connectivity index is 2.42. The zero-order valence-corrected chi connectivity index (χ0v) is 9.45. The summed E-state index contributed by atoms with van der Waals surface area (Å²) in [6, 6.07) is 9.95. The van der Waals surface area contributed by atoms with Gasteiger partial charge in [0.15, 0.2) is 0 Å². The molecule has 16 heavy (non-hydrogen) atoms. The number of benzene rings is 1. The van der Waals surface area contributed by atoms with Crippen molar-refractivity contribution in [3.8, 4) is 0 Å². The van der Waals surface area contributed by atoms with Crippen LogP contribution in [0.3, 0.4) is 0 Å². The van der Waals surface area contributed by atoms with E-state index in [4.69, 9.17) is 4.84 Å². The first-order chi connectivity index (χ1) is 7.77. The Kier molecular flexibility index (Phi) is 1.97. The standard InChI is InChI=1S/C12H9NO2S/c1-8(14)15-13-11-5-3-2-4-9(11)10-6-7-16-12(10)13/h2-7H,1H3. The van der Waals surface area contributed by atoms with Crippen LogP contribution >= 0.6 is 11.3 Å². The topological polar surface area (TPSA) is 31.2 Å². The third-order valence-electron chi connectivity index (χ3n) is 2.46. The van der Waals surface area contributed by atoms with Gasteiger partial charge in [-0.15, -0.1) is 11.3 Å². The predicted molar refractivity (Wildman–Crippen MR) is 64.6 cm³/mol. The first-order valence-electron chi connectivity index (χ1n) is 4.93. The van der Waals surface area contributed by atoms with Gasteiger partial charge >= 0.3 is 5.97 Å². The molecule has 0 saturated heterocycles. The van der Waals surface area contributed by atoms with Crippen molar-refractivity contribution in [3.05, 3.63) is 35.7 Å². The molecule has 2 heterocycles. The number of carbonyl (C=O) groups is 1. The fraction of sp³-hybridized carbons (Fsp3) is 0.0833. The number of hydrogen-bond donors (Lipinski definition) is 0. The van der Waals surface area contributed by atoms with Crippen LogP contribution in [0.25, 0.3) is 21.1 Å². The summed E-state index contributed by atoms with van der Waals surface area (Å²) in [5, 5.41) is 4.23. The van der Waals surface area contributed by atoms with Crippen molar-refractivity contribution in [3.63, 3.8) is 0 Å². The first-order valence-corrected chi connectivity index (χ1v) is 5.81. The van der Waals surface area contributed by atoms with Gasteiger partial charge in [0, 0.05) is 17.7 Å². The molecule has 1 aromatic carbocycles. The number of nitrogens with zero attached hydrogens (tertiary/aromatic N) is 1. The van der Waals surface area contributed by atoms with Crippen molar-refractivity contribution < 1.29 is 9.63 Å². The van der Waals surface area contributed by atoms with E-state index in [9.17, 15) is 4.79 Å². The Bertz CT molecular complexity index is 681. The van der Waals surface area contributed by atoms with E-state index in [1.165, 1.54) is 6.92 Å². The lowest BCUT2D eigenvalue weighted by Gasteiger charge is -2.03. The van der Waals surface area contributed by atoms with Crippen LogP contribution < -0.4 is 4.84 Å². The number of aromatic nitrogens is 1. The number of thiophene rings is 1. The third kappa shape index (κ3) is 1.23. The summed E-state index contributed by atoms with van der Waals surface area (Å²) in [5.74, 6) is -0.309. The zero-order valence-electron chi connectivity index (χ0n) is 8.64. The van der Waals surface area contributed by atoms with Crippen molar-refractivity contribution in [1.29, 1.82) is 0 Å². The van der Waals surface area contributed by atoms with Gasteiger partial charge in [-0.05, 0) is 17.5 Å². The van der Waals surface area contributed by atoms with Gasteiger partial charge in [0.1, 0.15) is 4.83 Å². The molecule has 0 bridgehead atoms. The monoisotopic (exact) mass is 231 g/mol. The van der Waals surface area contributed by atoms with E-state index < -0.39 is 0 Å². The highest BCUT2D eigenvalue weighted by Gasteiger charge is 2.12. The highest BCUT2D eigenvalue weighted by atomic mass is 32.1.